The van der Waals surface area contributed by atoms with Gasteiger partial charge >= 0.3 is 5.97 Å². The summed E-state index contributed by atoms with van der Waals surface area (Å²) in [5.74, 6) is -0.583. The minimum Gasteiger partial charge on any atom is -0.461 e. The van der Waals surface area contributed by atoms with E-state index in [0.29, 0.717) is 12.8 Å². The quantitative estimate of drug-likeness (QED) is 0.512. The third-order valence-corrected chi connectivity index (χ3v) is 5.63. The summed E-state index contributed by atoms with van der Waals surface area (Å²) in [5.41, 5.74) is 0.778. The van der Waals surface area contributed by atoms with E-state index >= 15 is 0 Å². The molecule has 0 aromatic heterocycles. The van der Waals surface area contributed by atoms with Crippen molar-refractivity contribution in [3.8, 4) is 0 Å². The second kappa shape index (κ2) is 4.06. The lowest BCUT2D eigenvalue weighted by molar-refractivity contribution is -0.157. The van der Waals surface area contributed by atoms with Gasteiger partial charge in [0.15, 0.2) is 0 Å². The highest BCUT2D eigenvalue weighted by Gasteiger charge is 2.61. The third kappa shape index (κ3) is 1.62. The average molecular weight is 266 g/mol. The van der Waals surface area contributed by atoms with Gasteiger partial charge in [-0.2, -0.15) is 0 Å². The third-order valence-electron chi connectivity index (χ3n) is 5.63. The van der Waals surface area contributed by atoms with E-state index in [4.69, 9.17) is 4.74 Å². The molecule has 7 atom stereocenters. The summed E-state index contributed by atoms with van der Waals surface area (Å²) in [5, 5.41) is 20.8. The predicted molar refractivity (Wildman–Crippen MR) is 69.1 cm³/mol. The molecule has 3 rings (SSSR count). The van der Waals surface area contributed by atoms with Crippen LogP contribution in [0.4, 0.5) is 0 Å². The molecule has 1 unspecified atom stereocenters. The number of rotatable bonds is 0. The van der Waals surface area contributed by atoms with Crippen molar-refractivity contribution in [1.82, 2.24) is 0 Å². The first-order valence-corrected chi connectivity index (χ1v) is 7.09. The first-order valence-electron chi connectivity index (χ1n) is 7.09. The van der Waals surface area contributed by atoms with Gasteiger partial charge in [-0.3, -0.25) is 4.79 Å². The van der Waals surface area contributed by atoms with Crippen molar-refractivity contribution in [1.29, 1.82) is 0 Å². The number of hydrogen-bond donors (Lipinski definition) is 2. The smallest absolute Gasteiger partial charge is 0.309 e. The molecule has 2 aliphatic carbocycles. The van der Waals surface area contributed by atoms with Crippen LogP contribution in [0.15, 0.2) is 11.6 Å². The van der Waals surface area contributed by atoms with Crippen LogP contribution in [0.3, 0.4) is 0 Å². The molecule has 1 saturated heterocycles. The molecule has 1 saturated carbocycles. The minimum absolute atomic E-state index is 0.0264. The Hall–Kier alpha value is -0.870. The molecular formula is C15H22O4. The highest BCUT2D eigenvalue weighted by Crippen LogP contribution is 2.56. The van der Waals surface area contributed by atoms with Crippen LogP contribution in [0.2, 0.25) is 0 Å². The summed E-state index contributed by atoms with van der Waals surface area (Å²) >= 11 is 0. The number of carbonyl (C=O) groups excluding carboxylic acids is 1. The van der Waals surface area contributed by atoms with Crippen molar-refractivity contribution in [2.75, 3.05) is 0 Å². The molecule has 2 N–H and O–H groups in total. The molecule has 0 amide bonds. The zero-order valence-corrected chi connectivity index (χ0v) is 11.7. The van der Waals surface area contributed by atoms with Crippen molar-refractivity contribution >= 4 is 5.97 Å². The zero-order valence-electron chi connectivity index (χ0n) is 11.7. The van der Waals surface area contributed by atoms with Gasteiger partial charge in [-0.15, -0.1) is 0 Å². The summed E-state index contributed by atoms with van der Waals surface area (Å²) in [6.45, 7) is 5.88. The Labute approximate surface area is 113 Å². The monoisotopic (exact) mass is 266 g/mol. The van der Waals surface area contributed by atoms with Crippen LogP contribution in [-0.2, 0) is 9.53 Å². The molecule has 0 radical (unpaired) electrons. The number of aliphatic hydroxyl groups is 2. The maximum atomic E-state index is 11.8. The fourth-order valence-electron chi connectivity index (χ4n) is 4.51. The number of carbonyl (C=O) groups is 1. The lowest BCUT2D eigenvalue weighted by Gasteiger charge is -2.53. The first kappa shape index (κ1) is 13.1. The highest BCUT2D eigenvalue weighted by molar-refractivity contribution is 5.75. The van der Waals surface area contributed by atoms with Gasteiger partial charge in [0.1, 0.15) is 6.10 Å². The van der Waals surface area contributed by atoms with Crippen LogP contribution in [0.1, 0.15) is 33.6 Å². The molecule has 0 spiro atoms. The Bertz CT molecular complexity index is 443. The second-order valence-corrected chi connectivity index (χ2v) is 6.72. The van der Waals surface area contributed by atoms with E-state index in [1.807, 2.05) is 26.8 Å². The van der Waals surface area contributed by atoms with Crippen LogP contribution in [0.25, 0.3) is 0 Å². The van der Waals surface area contributed by atoms with Crippen LogP contribution >= 0.6 is 0 Å². The molecule has 4 nitrogen and oxygen atoms in total. The topological polar surface area (TPSA) is 66.8 Å². The summed E-state index contributed by atoms with van der Waals surface area (Å²) in [6, 6.07) is 0. The van der Waals surface area contributed by atoms with Gasteiger partial charge in [0.2, 0.25) is 0 Å². The molecule has 4 heteroatoms. The standard InChI is InChI=1S/C15H22O4/c1-7-4-5-10(17)15(3)6-9(16)11-8(2)14(18)19-13(11)12(7)15/h4,8-13,16-17H,5-6H2,1-3H3/t8-,9-,10+,11+,12?,13-,15-/m0/s1. The lowest BCUT2D eigenvalue weighted by atomic mass is 9.54. The van der Waals surface area contributed by atoms with Gasteiger partial charge in [0.25, 0.3) is 0 Å². The molecule has 2 fully saturated rings. The van der Waals surface area contributed by atoms with Crippen LogP contribution < -0.4 is 0 Å². The van der Waals surface area contributed by atoms with Gasteiger partial charge in [-0.05, 0) is 19.8 Å². The Morgan fingerprint density at radius 3 is 2.79 bits per heavy atom. The number of esters is 1. The van der Waals surface area contributed by atoms with Crippen molar-refractivity contribution in [2.45, 2.75) is 51.9 Å². The molecular weight excluding hydrogens is 244 g/mol. The Morgan fingerprint density at radius 2 is 2.11 bits per heavy atom. The number of hydrogen-bond acceptors (Lipinski definition) is 4. The van der Waals surface area contributed by atoms with Gasteiger partial charge in [0.05, 0.1) is 18.1 Å². The van der Waals surface area contributed by atoms with E-state index in [1.165, 1.54) is 5.57 Å². The summed E-state index contributed by atoms with van der Waals surface area (Å²) in [7, 11) is 0. The van der Waals surface area contributed by atoms with Gasteiger partial charge < -0.3 is 14.9 Å². The molecule has 106 valence electrons. The number of aliphatic hydroxyl groups excluding tert-OH is 2. The van der Waals surface area contributed by atoms with Crippen LogP contribution in [-0.4, -0.2) is 34.5 Å². The first-order chi connectivity index (χ1) is 8.86. The molecule has 0 aromatic carbocycles. The normalized spacial score (nSPS) is 53.1. The summed E-state index contributed by atoms with van der Waals surface area (Å²) in [4.78, 5) is 11.8. The molecule has 0 aromatic rings. The summed E-state index contributed by atoms with van der Waals surface area (Å²) in [6.07, 6.45) is 1.85. The van der Waals surface area contributed by atoms with Crippen molar-refractivity contribution in [3.05, 3.63) is 11.6 Å². The molecule has 19 heavy (non-hydrogen) atoms. The van der Waals surface area contributed by atoms with Gasteiger partial charge in [0, 0.05) is 17.3 Å². The predicted octanol–water partition coefficient (Wildman–Crippen LogP) is 1.26. The van der Waals surface area contributed by atoms with E-state index in [-0.39, 0.29) is 29.8 Å². The van der Waals surface area contributed by atoms with E-state index in [9.17, 15) is 15.0 Å². The zero-order chi connectivity index (χ0) is 13.9. The largest absolute Gasteiger partial charge is 0.461 e. The Balaban J connectivity index is 2.05. The summed E-state index contributed by atoms with van der Waals surface area (Å²) < 4.78 is 5.55. The number of ether oxygens (including phenoxy) is 1. The maximum Gasteiger partial charge on any atom is 0.309 e. The van der Waals surface area contributed by atoms with E-state index < -0.39 is 17.6 Å². The minimum atomic E-state index is -0.576. The lowest BCUT2D eigenvalue weighted by Crippen LogP contribution is -2.57. The molecule has 1 aliphatic heterocycles. The molecule has 0 bridgehead atoms. The molecule has 3 aliphatic rings. The van der Waals surface area contributed by atoms with Crippen molar-refractivity contribution < 1.29 is 19.7 Å². The Morgan fingerprint density at radius 1 is 1.42 bits per heavy atom. The van der Waals surface area contributed by atoms with E-state index in [2.05, 4.69) is 0 Å². The van der Waals surface area contributed by atoms with Gasteiger partial charge in [-0.25, -0.2) is 0 Å². The molecule has 1 heterocycles. The van der Waals surface area contributed by atoms with Gasteiger partial charge in [-0.1, -0.05) is 25.5 Å². The Kier molecular flexibility index (Phi) is 2.81. The van der Waals surface area contributed by atoms with Crippen molar-refractivity contribution in [3.63, 3.8) is 0 Å². The maximum absolute atomic E-state index is 11.8. The fraction of sp³-hybridized carbons (Fsp3) is 0.800. The number of fused-ring (bicyclic) bond motifs is 3. The average Bonchev–Trinajstić information content (AvgIpc) is 2.61. The highest BCUT2D eigenvalue weighted by atomic mass is 16.6. The van der Waals surface area contributed by atoms with Crippen molar-refractivity contribution in [2.24, 2.45) is 23.2 Å². The van der Waals surface area contributed by atoms with Crippen LogP contribution in [0, 0.1) is 23.2 Å². The van der Waals surface area contributed by atoms with E-state index in [1.54, 1.807) is 0 Å². The second-order valence-electron chi connectivity index (χ2n) is 6.72. The van der Waals surface area contributed by atoms with Crippen LogP contribution in [0.5, 0.6) is 0 Å². The fourth-order valence-corrected chi connectivity index (χ4v) is 4.51. The van der Waals surface area contributed by atoms with E-state index in [0.717, 1.165) is 0 Å². The SMILES string of the molecule is CC1=CC[C@@H](O)[C@]2(C)C[C@H](O)[C@H]3[C@H](C)C(=O)O[C@@H]3C12.